The maximum Gasteiger partial charge on any atom is 0.225 e. The molecule has 2 N–H and O–H groups in total. The zero-order valence-electron chi connectivity index (χ0n) is 14.9. The molecule has 1 heterocycles. The van der Waals surface area contributed by atoms with Crippen molar-refractivity contribution < 1.29 is 9.90 Å². The highest BCUT2D eigenvalue weighted by Gasteiger charge is 2.15. The number of nitrogens with one attached hydrogen (secondary N) is 1. The first-order valence-corrected chi connectivity index (χ1v) is 8.42. The van der Waals surface area contributed by atoms with Crippen molar-refractivity contribution in [3.63, 3.8) is 0 Å². The maximum absolute atomic E-state index is 12.3. The molecule has 0 aliphatic heterocycles. The van der Waals surface area contributed by atoms with Gasteiger partial charge in [-0.15, -0.1) is 6.58 Å². The molecule has 0 radical (unpaired) electrons. The van der Waals surface area contributed by atoms with Crippen molar-refractivity contribution >= 4 is 11.6 Å². The summed E-state index contributed by atoms with van der Waals surface area (Å²) in [5.74, 6) is -0.0641. The van der Waals surface area contributed by atoms with Crippen LogP contribution in [0.4, 0.5) is 5.69 Å². The Balaban J connectivity index is 2.04. The van der Waals surface area contributed by atoms with Gasteiger partial charge in [-0.1, -0.05) is 24.3 Å². The first-order chi connectivity index (χ1) is 12.1. The summed E-state index contributed by atoms with van der Waals surface area (Å²) < 4.78 is 1.83. The molecule has 0 saturated carbocycles. The molecule has 0 spiro atoms. The fraction of sp³-hybridized carbons (Fsp3) is 0.368. The Morgan fingerprint density at radius 3 is 2.68 bits per heavy atom. The number of hydrogen-bond donors (Lipinski definition) is 2. The van der Waals surface area contributed by atoms with Crippen LogP contribution < -0.4 is 5.32 Å². The predicted octanol–water partition coefficient (Wildman–Crippen LogP) is 2.30. The molecule has 0 unspecified atom stereocenters. The number of carbonyl (C=O) groups is 1. The number of aryl methyl sites for hydroxylation is 1. The second-order valence-corrected chi connectivity index (χ2v) is 5.90. The number of amides is 1. The quantitative estimate of drug-likeness (QED) is 0.686. The Bertz CT molecular complexity index is 710. The lowest BCUT2D eigenvalue weighted by molar-refractivity contribution is -0.116. The van der Waals surface area contributed by atoms with Crippen LogP contribution in [0.25, 0.3) is 5.69 Å². The number of nitrogens with zero attached hydrogens (tertiary/aromatic N) is 3. The molecule has 0 atom stereocenters. The van der Waals surface area contributed by atoms with Gasteiger partial charge in [0.2, 0.25) is 5.91 Å². The van der Waals surface area contributed by atoms with Gasteiger partial charge in [-0.25, -0.2) is 4.68 Å². The van der Waals surface area contributed by atoms with Crippen LogP contribution in [0.1, 0.15) is 17.8 Å². The minimum absolute atomic E-state index is 0.0641. The summed E-state index contributed by atoms with van der Waals surface area (Å²) in [6, 6.07) is 9.83. The number of carbonyl (C=O) groups excluding carboxylic acids is 1. The Morgan fingerprint density at radius 2 is 2.04 bits per heavy atom. The monoisotopic (exact) mass is 342 g/mol. The van der Waals surface area contributed by atoms with Gasteiger partial charge >= 0.3 is 0 Å². The Hall–Kier alpha value is -2.44. The Labute approximate surface area is 148 Å². The number of hydrogen-bond acceptors (Lipinski definition) is 4. The summed E-state index contributed by atoms with van der Waals surface area (Å²) >= 11 is 0. The second kappa shape index (κ2) is 9.15. The van der Waals surface area contributed by atoms with Gasteiger partial charge in [0.25, 0.3) is 0 Å². The van der Waals surface area contributed by atoms with Crippen molar-refractivity contribution in [2.24, 2.45) is 0 Å². The summed E-state index contributed by atoms with van der Waals surface area (Å²) in [5, 5.41) is 16.6. The highest BCUT2D eigenvalue weighted by molar-refractivity contribution is 5.92. The molecule has 1 aromatic heterocycles. The van der Waals surface area contributed by atoms with Crippen LogP contribution in [0.3, 0.4) is 0 Å². The summed E-state index contributed by atoms with van der Waals surface area (Å²) in [7, 11) is 0. The van der Waals surface area contributed by atoms with Gasteiger partial charge in [-0.2, -0.15) is 5.10 Å². The van der Waals surface area contributed by atoms with Crippen LogP contribution in [0, 0.1) is 13.8 Å². The van der Waals surface area contributed by atoms with E-state index in [1.807, 2.05) is 53.8 Å². The molecule has 0 saturated heterocycles. The van der Waals surface area contributed by atoms with Crippen molar-refractivity contribution in [3.8, 4) is 5.69 Å². The summed E-state index contributed by atoms with van der Waals surface area (Å²) in [6.07, 6.45) is 2.12. The van der Waals surface area contributed by atoms with Crippen molar-refractivity contribution in [1.82, 2.24) is 14.7 Å². The van der Waals surface area contributed by atoms with E-state index < -0.39 is 0 Å². The van der Waals surface area contributed by atoms with Gasteiger partial charge in [-0.3, -0.25) is 9.69 Å². The minimum Gasteiger partial charge on any atom is -0.395 e. The van der Waals surface area contributed by atoms with Gasteiger partial charge in [-0.05, 0) is 26.0 Å². The molecule has 0 bridgehead atoms. The molecule has 0 aliphatic rings. The number of anilines is 1. The molecule has 0 fully saturated rings. The third-order valence-corrected chi connectivity index (χ3v) is 4.02. The second-order valence-electron chi connectivity index (χ2n) is 5.90. The van der Waals surface area contributed by atoms with E-state index >= 15 is 0 Å². The first-order valence-electron chi connectivity index (χ1n) is 8.42. The average Bonchev–Trinajstić information content (AvgIpc) is 2.89. The number of aliphatic hydroxyl groups excluding tert-OH is 1. The van der Waals surface area contributed by atoms with E-state index in [1.54, 1.807) is 6.08 Å². The molecule has 6 nitrogen and oxygen atoms in total. The van der Waals surface area contributed by atoms with Gasteiger partial charge in [0.05, 0.1) is 29.4 Å². The smallest absolute Gasteiger partial charge is 0.225 e. The first kappa shape index (κ1) is 18.9. The van der Waals surface area contributed by atoms with Crippen LogP contribution in [-0.4, -0.2) is 51.9 Å². The summed E-state index contributed by atoms with van der Waals surface area (Å²) in [4.78, 5) is 14.3. The fourth-order valence-electron chi connectivity index (χ4n) is 2.72. The fourth-order valence-corrected chi connectivity index (χ4v) is 2.72. The van der Waals surface area contributed by atoms with Gasteiger partial charge in [0.1, 0.15) is 0 Å². The van der Waals surface area contributed by atoms with Gasteiger partial charge < -0.3 is 10.4 Å². The lowest BCUT2D eigenvalue weighted by atomic mass is 10.2. The summed E-state index contributed by atoms with van der Waals surface area (Å²) in [6.45, 7) is 9.35. The number of aromatic nitrogens is 2. The van der Waals surface area contributed by atoms with Gasteiger partial charge in [0, 0.05) is 26.1 Å². The van der Waals surface area contributed by atoms with E-state index in [0.717, 1.165) is 22.8 Å². The van der Waals surface area contributed by atoms with Crippen molar-refractivity contribution in [3.05, 3.63) is 54.4 Å². The van der Waals surface area contributed by atoms with E-state index in [0.29, 0.717) is 26.1 Å². The highest BCUT2D eigenvalue weighted by Crippen LogP contribution is 2.22. The molecule has 25 heavy (non-hydrogen) atoms. The molecular weight excluding hydrogens is 316 g/mol. The zero-order chi connectivity index (χ0) is 18.2. The molecule has 2 aromatic rings. The van der Waals surface area contributed by atoms with Crippen LogP contribution in [0.5, 0.6) is 0 Å². The van der Waals surface area contributed by atoms with E-state index in [4.69, 9.17) is 5.11 Å². The lowest BCUT2D eigenvalue weighted by Gasteiger charge is -2.18. The molecule has 6 heteroatoms. The maximum atomic E-state index is 12.3. The summed E-state index contributed by atoms with van der Waals surface area (Å²) in [5.41, 5.74) is 3.40. The molecule has 0 aliphatic carbocycles. The largest absolute Gasteiger partial charge is 0.395 e. The van der Waals surface area contributed by atoms with Crippen molar-refractivity contribution in [2.75, 3.05) is 31.6 Å². The highest BCUT2D eigenvalue weighted by atomic mass is 16.3. The van der Waals surface area contributed by atoms with Crippen molar-refractivity contribution in [2.45, 2.75) is 20.3 Å². The Morgan fingerprint density at radius 1 is 1.32 bits per heavy atom. The SMILES string of the molecule is C=CCN(CCO)CCC(=O)Nc1c(C)nn(-c2ccccc2)c1C. The number of rotatable bonds is 9. The molecule has 2 rings (SSSR count). The zero-order valence-corrected chi connectivity index (χ0v) is 14.9. The third-order valence-electron chi connectivity index (χ3n) is 4.02. The average molecular weight is 342 g/mol. The molecule has 134 valence electrons. The number of aliphatic hydroxyl groups is 1. The number of benzene rings is 1. The van der Waals surface area contributed by atoms with Crippen molar-refractivity contribution in [1.29, 1.82) is 0 Å². The standard InChI is InChI=1S/C19H26N4O2/c1-4-11-22(13-14-24)12-10-18(25)20-19-15(2)21-23(16(19)3)17-8-6-5-7-9-17/h4-9,24H,1,10-14H2,2-3H3,(H,20,25). The third kappa shape index (κ3) is 5.01. The molecule has 1 amide bonds. The normalized spacial score (nSPS) is 10.9. The topological polar surface area (TPSA) is 70.4 Å². The predicted molar refractivity (Wildman–Crippen MR) is 100 cm³/mol. The Kier molecular flexibility index (Phi) is 6.91. The molecule has 1 aromatic carbocycles. The lowest BCUT2D eigenvalue weighted by Crippen LogP contribution is -2.30. The number of para-hydroxylation sites is 1. The minimum atomic E-state index is -0.0641. The van der Waals surface area contributed by atoms with Crippen LogP contribution in [-0.2, 0) is 4.79 Å². The van der Waals surface area contributed by atoms with E-state index in [9.17, 15) is 4.79 Å². The van der Waals surface area contributed by atoms with Crippen LogP contribution >= 0.6 is 0 Å². The molecular formula is C19H26N4O2. The van der Waals surface area contributed by atoms with Gasteiger partial charge in [0.15, 0.2) is 0 Å². The van der Waals surface area contributed by atoms with E-state index in [2.05, 4.69) is 17.0 Å². The van der Waals surface area contributed by atoms with E-state index in [1.165, 1.54) is 0 Å². The van der Waals surface area contributed by atoms with E-state index in [-0.39, 0.29) is 12.5 Å². The van der Waals surface area contributed by atoms with Crippen LogP contribution in [0.15, 0.2) is 43.0 Å². The van der Waals surface area contributed by atoms with Crippen LogP contribution in [0.2, 0.25) is 0 Å².